The summed E-state index contributed by atoms with van der Waals surface area (Å²) in [7, 11) is 0. The highest BCUT2D eigenvalue weighted by Crippen LogP contribution is 2.28. The molecule has 98 valence electrons. The van der Waals surface area contributed by atoms with E-state index >= 15 is 0 Å². The second-order valence-electron chi connectivity index (χ2n) is 4.00. The summed E-state index contributed by atoms with van der Waals surface area (Å²) in [5.74, 6) is 0.149. The van der Waals surface area contributed by atoms with E-state index in [1.807, 2.05) is 38.6 Å². The largest absolute Gasteiger partial charge is 0.369 e. The number of rotatable bonds is 2. The first-order valence-electron chi connectivity index (χ1n) is 5.39. The van der Waals surface area contributed by atoms with Gasteiger partial charge in [0, 0.05) is 15.4 Å². The monoisotopic (exact) mass is 451 g/mol. The molecule has 0 spiro atoms. The number of thiophene rings is 1. The maximum absolute atomic E-state index is 13.7. The number of fused-ring (bicyclic) bond motifs is 1. The molecule has 3 nitrogen and oxygen atoms in total. The molecule has 0 aliphatic rings. The lowest BCUT2D eigenvalue weighted by atomic mass is 10.3. The summed E-state index contributed by atoms with van der Waals surface area (Å²) in [6, 6.07) is 5.18. The second-order valence-corrected chi connectivity index (χ2v) is 7.02. The summed E-state index contributed by atoms with van der Waals surface area (Å²) in [6.45, 7) is 0.584. The van der Waals surface area contributed by atoms with Crippen molar-refractivity contribution in [3.63, 3.8) is 0 Å². The number of imidazole rings is 1. The molecule has 0 fully saturated rings. The first kappa shape index (κ1) is 13.3. The molecule has 2 N–H and O–H groups in total. The Labute approximate surface area is 134 Å². The lowest BCUT2D eigenvalue weighted by Crippen LogP contribution is -2.03. The Morgan fingerprint density at radius 1 is 1.47 bits per heavy atom. The minimum Gasteiger partial charge on any atom is -0.369 e. The van der Waals surface area contributed by atoms with Crippen molar-refractivity contribution in [2.75, 3.05) is 5.73 Å². The van der Waals surface area contributed by atoms with Crippen molar-refractivity contribution in [3.8, 4) is 0 Å². The highest BCUT2D eigenvalue weighted by atomic mass is 127. The molecule has 0 aliphatic heterocycles. The van der Waals surface area contributed by atoms with Gasteiger partial charge in [0.15, 0.2) is 0 Å². The van der Waals surface area contributed by atoms with Gasteiger partial charge >= 0.3 is 0 Å². The van der Waals surface area contributed by atoms with Crippen molar-refractivity contribution >= 4 is 66.8 Å². The minimum absolute atomic E-state index is 0.250. The summed E-state index contributed by atoms with van der Waals surface area (Å²) in [5.41, 5.74) is 7.37. The van der Waals surface area contributed by atoms with E-state index in [0.29, 0.717) is 16.1 Å². The van der Waals surface area contributed by atoms with E-state index in [4.69, 9.17) is 5.73 Å². The van der Waals surface area contributed by atoms with Crippen LogP contribution in [0.25, 0.3) is 11.0 Å². The number of hydrogen-bond acceptors (Lipinski definition) is 3. The number of hydrogen-bond donors (Lipinski definition) is 1. The van der Waals surface area contributed by atoms with E-state index in [9.17, 15) is 4.39 Å². The van der Waals surface area contributed by atoms with E-state index < -0.39 is 0 Å². The van der Waals surface area contributed by atoms with Crippen molar-refractivity contribution in [3.05, 3.63) is 42.3 Å². The molecule has 7 heteroatoms. The summed E-state index contributed by atoms with van der Waals surface area (Å²) in [5, 5.41) is 2.00. The first-order valence-corrected chi connectivity index (χ1v) is 8.14. The van der Waals surface area contributed by atoms with E-state index in [-0.39, 0.29) is 5.82 Å². The molecular weight excluding hydrogens is 444 g/mol. The third-order valence-corrected chi connectivity index (χ3v) is 5.55. The summed E-state index contributed by atoms with van der Waals surface area (Å²) in [6.07, 6.45) is 0. The fraction of sp³-hybridized carbons (Fsp3) is 0.0833. The third-order valence-electron chi connectivity index (χ3n) is 2.81. The van der Waals surface area contributed by atoms with Crippen molar-refractivity contribution in [1.82, 2.24) is 9.55 Å². The van der Waals surface area contributed by atoms with E-state index in [1.54, 1.807) is 17.4 Å². The van der Waals surface area contributed by atoms with Gasteiger partial charge in [-0.25, -0.2) is 9.37 Å². The van der Waals surface area contributed by atoms with E-state index in [1.165, 1.54) is 6.07 Å². The molecule has 1 aromatic carbocycles. The van der Waals surface area contributed by atoms with Crippen molar-refractivity contribution < 1.29 is 4.39 Å². The summed E-state index contributed by atoms with van der Waals surface area (Å²) in [4.78, 5) is 5.41. The molecule has 0 radical (unpaired) electrons. The van der Waals surface area contributed by atoms with Gasteiger partial charge in [-0.3, -0.25) is 0 Å². The minimum atomic E-state index is -0.250. The topological polar surface area (TPSA) is 43.8 Å². The molecule has 3 rings (SSSR count). The van der Waals surface area contributed by atoms with Crippen molar-refractivity contribution in [1.29, 1.82) is 0 Å². The normalized spacial score (nSPS) is 11.3. The number of nitrogens with two attached hydrogens (primary N) is 1. The maximum atomic E-state index is 13.7. The second kappa shape index (κ2) is 5.02. The predicted molar refractivity (Wildman–Crippen MR) is 87.9 cm³/mol. The van der Waals surface area contributed by atoms with Crippen LogP contribution in [-0.2, 0) is 6.54 Å². The van der Waals surface area contributed by atoms with Gasteiger partial charge in [-0.2, -0.15) is 0 Å². The molecule has 0 saturated carbocycles. The number of aromatic nitrogens is 2. The van der Waals surface area contributed by atoms with Crippen LogP contribution in [0.15, 0.2) is 28.1 Å². The number of nitrogen functional groups attached to an aromatic ring is 1. The molecule has 0 aliphatic carbocycles. The summed E-state index contributed by atoms with van der Waals surface area (Å²) >= 11 is 7.06. The Hall–Kier alpha value is -0.670. The molecule has 0 amide bonds. The van der Waals surface area contributed by atoms with Gasteiger partial charge in [0.05, 0.1) is 21.1 Å². The van der Waals surface area contributed by atoms with Crippen LogP contribution in [0.4, 0.5) is 10.3 Å². The van der Waals surface area contributed by atoms with E-state index in [2.05, 4.69) is 20.9 Å². The SMILES string of the molecule is Nc1nc2cc(I)c(F)cc2n1Cc1sccc1Br. The van der Waals surface area contributed by atoms with Crippen LogP contribution in [0, 0.1) is 9.39 Å². The zero-order valence-corrected chi connectivity index (χ0v) is 14.1. The van der Waals surface area contributed by atoms with Crippen LogP contribution < -0.4 is 5.73 Å². The average molecular weight is 452 g/mol. The lowest BCUT2D eigenvalue weighted by molar-refractivity contribution is 0.621. The maximum Gasteiger partial charge on any atom is 0.201 e. The molecule has 0 atom stereocenters. The van der Waals surface area contributed by atoms with Crippen LogP contribution in [0.1, 0.15) is 4.88 Å². The Morgan fingerprint density at radius 3 is 2.95 bits per heavy atom. The quantitative estimate of drug-likeness (QED) is 0.592. The molecule has 2 aromatic heterocycles. The highest BCUT2D eigenvalue weighted by molar-refractivity contribution is 14.1. The average Bonchev–Trinajstić information content (AvgIpc) is 2.88. The standard InChI is InChI=1S/C12H8BrFIN3S/c13-6-1-2-19-11(6)5-18-10-3-7(14)8(15)4-9(10)17-12(18)16/h1-4H,5H2,(H2,16,17). The Balaban J connectivity index is 2.15. The zero-order chi connectivity index (χ0) is 13.6. The van der Waals surface area contributed by atoms with Crippen molar-refractivity contribution in [2.24, 2.45) is 0 Å². The smallest absolute Gasteiger partial charge is 0.201 e. The number of halogens is 3. The van der Waals surface area contributed by atoms with Gasteiger partial charge in [0.2, 0.25) is 5.95 Å². The highest BCUT2D eigenvalue weighted by Gasteiger charge is 2.13. The van der Waals surface area contributed by atoms with Crippen LogP contribution in [0.3, 0.4) is 0 Å². The number of anilines is 1. The first-order chi connectivity index (χ1) is 9.06. The molecular formula is C12H8BrFIN3S. The molecule has 3 aromatic rings. The molecule has 0 saturated heterocycles. The van der Waals surface area contributed by atoms with Gasteiger partial charge in [-0.15, -0.1) is 11.3 Å². The number of nitrogens with zero attached hydrogens (tertiary/aromatic N) is 2. The Bertz CT molecular complexity index is 768. The molecule has 2 heterocycles. The zero-order valence-electron chi connectivity index (χ0n) is 9.53. The fourth-order valence-electron chi connectivity index (χ4n) is 1.89. The fourth-order valence-corrected chi connectivity index (χ4v) is 3.80. The van der Waals surface area contributed by atoms with Gasteiger partial charge in [-0.05, 0) is 56.0 Å². The van der Waals surface area contributed by atoms with Gasteiger partial charge in [0.1, 0.15) is 5.82 Å². The van der Waals surface area contributed by atoms with Crippen LogP contribution in [-0.4, -0.2) is 9.55 Å². The summed E-state index contributed by atoms with van der Waals surface area (Å²) < 4.78 is 17.1. The van der Waals surface area contributed by atoms with Crippen LogP contribution in [0.5, 0.6) is 0 Å². The molecule has 0 unspecified atom stereocenters. The van der Waals surface area contributed by atoms with Crippen molar-refractivity contribution in [2.45, 2.75) is 6.54 Å². The number of benzene rings is 1. The molecule has 19 heavy (non-hydrogen) atoms. The van der Waals surface area contributed by atoms with Crippen LogP contribution in [0.2, 0.25) is 0 Å². The Morgan fingerprint density at radius 2 is 2.26 bits per heavy atom. The van der Waals surface area contributed by atoms with Crippen LogP contribution >= 0.6 is 49.9 Å². The predicted octanol–water partition coefficient (Wildman–Crippen LogP) is 4.23. The van der Waals surface area contributed by atoms with Gasteiger partial charge in [-0.1, -0.05) is 0 Å². The van der Waals surface area contributed by atoms with Gasteiger partial charge < -0.3 is 10.3 Å². The van der Waals surface area contributed by atoms with E-state index in [0.717, 1.165) is 20.4 Å². The molecule has 0 bridgehead atoms. The third kappa shape index (κ3) is 2.38. The Kier molecular flexibility index (Phi) is 3.52. The lowest BCUT2D eigenvalue weighted by Gasteiger charge is -2.05. The van der Waals surface area contributed by atoms with Gasteiger partial charge in [0.25, 0.3) is 0 Å².